The summed E-state index contributed by atoms with van der Waals surface area (Å²) in [4.78, 5) is 40.6. The zero-order chi connectivity index (χ0) is 27.9. The number of aryl methyl sites for hydroxylation is 1. The van der Waals surface area contributed by atoms with Crippen molar-refractivity contribution in [3.63, 3.8) is 0 Å². The van der Waals surface area contributed by atoms with E-state index in [9.17, 15) is 14.4 Å². The molecule has 214 valence electrons. The van der Waals surface area contributed by atoms with E-state index in [4.69, 9.17) is 18.9 Å². The standard InChI is InChI=1S/C30H37N3O7/c1-37-27-16-20-4-8-26(27)39-19-29(35)32-24-18-33(30(36)22-11-14-38-15-12-22)13-10-25(24)40-23-6-2-21(3-7-23)17-31-28(34)9-5-20/h2-4,6-8,16,22,24-25H,5,9-15,17-19H2,1H3,(H,31,34)(H,32,35)/t24-,25-/m1/s1. The van der Waals surface area contributed by atoms with Crippen LogP contribution in [0.5, 0.6) is 17.2 Å². The number of likely N-dealkylation sites (tertiary alicyclic amines) is 1. The molecule has 2 aromatic rings. The first-order valence-electron chi connectivity index (χ1n) is 14.0. The lowest BCUT2D eigenvalue weighted by atomic mass is 9.95. The number of nitrogens with zero attached hydrogens (tertiary/aromatic N) is 1. The molecule has 6 aliphatic heterocycles. The van der Waals surface area contributed by atoms with E-state index < -0.39 is 6.04 Å². The van der Waals surface area contributed by atoms with Crippen molar-refractivity contribution >= 4 is 17.7 Å². The highest BCUT2D eigenvalue weighted by molar-refractivity contribution is 5.80. The van der Waals surface area contributed by atoms with Crippen LogP contribution in [0.3, 0.4) is 0 Å². The molecule has 0 aromatic heterocycles. The molecule has 8 rings (SSSR count). The number of methoxy groups -OCH3 is 1. The molecular formula is C30H37N3O7. The quantitative estimate of drug-likeness (QED) is 0.588. The minimum atomic E-state index is -0.414. The van der Waals surface area contributed by atoms with Gasteiger partial charge in [-0.3, -0.25) is 14.4 Å². The minimum Gasteiger partial charge on any atom is -0.493 e. The van der Waals surface area contributed by atoms with Crippen LogP contribution in [0.1, 0.15) is 36.8 Å². The second-order valence-corrected chi connectivity index (χ2v) is 10.5. The molecule has 3 amide bonds. The van der Waals surface area contributed by atoms with Gasteiger partial charge < -0.3 is 34.5 Å². The molecule has 6 heterocycles. The van der Waals surface area contributed by atoms with Gasteiger partial charge in [0, 0.05) is 51.6 Å². The van der Waals surface area contributed by atoms with E-state index in [0.29, 0.717) is 82.2 Å². The SMILES string of the molecule is COc1cc2ccc1OCC(=O)N[C@@H]1CN(C(=O)C3CCOCC3)CC[C@H]1Oc1ccc(cc1)CNC(=O)CC2. The van der Waals surface area contributed by atoms with Gasteiger partial charge >= 0.3 is 0 Å². The Morgan fingerprint density at radius 1 is 0.975 bits per heavy atom. The smallest absolute Gasteiger partial charge is 0.258 e. The number of ether oxygens (including phenoxy) is 4. The van der Waals surface area contributed by atoms with Gasteiger partial charge in [-0.15, -0.1) is 0 Å². The molecular weight excluding hydrogens is 514 g/mol. The summed E-state index contributed by atoms with van der Waals surface area (Å²) in [5.74, 6) is 1.29. The summed E-state index contributed by atoms with van der Waals surface area (Å²) in [7, 11) is 1.54. The number of rotatable bonds is 2. The van der Waals surface area contributed by atoms with Crippen molar-refractivity contribution < 1.29 is 33.3 Å². The Bertz CT molecular complexity index is 1200. The molecule has 2 atom stereocenters. The Hall–Kier alpha value is -3.79. The molecule has 10 nitrogen and oxygen atoms in total. The zero-order valence-electron chi connectivity index (χ0n) is 22.9. The van der Waals surface area contributed by atoms with Crippen molar-refractivity contribution in [2.45, 2.75) is 50.8 Å². The molecule has 0 saturated carbocycles. The lowest BCUT2D eigenvalue weighted by molar-refractivity contribution is -0.142. The van der Waals surface area contributed by atoms with Crippen LogP contribution in [0.25, 0.3) is 0 Å². The van der Waals surface area contributed by atoms with Gasteiger partial charge in [0.25, 0.3) is 5.91 Å². The van der Waals surface area contributed by atoms with Crippen molar-refractivity contribution in [3.8, 4) is 17.2 Å². The number of nitrogens with one attached hydrogen (secondary N) is 2. The number of amides is 3. The van der Waals surface area contributed by atoms with Gasteiger partial charge in [-0.2, -0.15) is 0 Å². The molecule has 2 aromatic carbocycles. The Balaban J connectivity index is 1.35. The van der Waals surface area contributed by atoms with E-state index in [1.165, 1.54) is 7.11 Å². The molecule has 0 unspecified atom stereocenters. The van der Waals surface area contributed by atoms with Crippen LogP contribution in [0.4, 0.5) is 0 Å². The maximum Gasteiger partial charge on any atom is 0.258 e. The highest BCUT2D eigenvalue weighted by atomic mass is 16.5. The number of piperidine rings is 1. The summed E-state index contributed by atoms with van der Waals surface area (Å²) in [6, 6.07) is 12.6. The first kappa shape index (κ1) is 27.8. The summed E-state index contributed by atoms with van der Waals surface area (Å²) < 4.78 is 23.0. The third kappa shape index (κ3) is 7.04. The lowest BCUT2D eigenvalue weighted by Crippen LogP contribution is -2.59. The monoisotopic (exact) mass is 551 g/mol. The van der Waals surface area contributed by atoms with E-state index >= 15 is 0 Å². The third-order valence-electron chi connectivity index (χ3n) is 7.71. The summed E-state index contributed by atoms with van der Waals surface area (Å²) in [6.45, 7) is 2.30. The Morgan fingerprint density at radius 3 is 2.52 bits per heavy atom. The molecule has 0 spiro atoms. The summed E-state index contributed by atoms with van der Waals surface area (Å²) in [6.07, 6.45) is 2.56. The van der Waals surface area contributed by atoms with Gasteiger partial charge in [0.2, 0.25) is 11.8 Å². The molecule has 40 heavy (non-hydrogen) atoms. The maximum absolute atomic E-state index is 13.3. The van der Waals surface area contributed by atoms with E-state index in [1.807, 2.05) is 41.3 Å². The highest BCUT2D eigenvalue weighted by Crippen LogP contribution is 2.29. The van der Waals surface area contributed by atoms with Crippen molar-refractivity contribution in [1.29, 1.82) is 0 Å². The largest absolute Gasteiger partial charge is 0.493 e. The minimum absolute atomic E-state index is 0.0457. The molecule has 2 fully saturated rings. The molecule has 2 N–H and O–H groups in total. The maximum atomic E-state index is 13.3. The predicted molar refractivity (Wildman–Crippen MR) is 146 cm³/mol. The normalized spacial score (nSPS) is 22.8. The molecule has 0 aliphatic carbocycles. The molecule has 6 aliphatic rings. The summed E-state index contributed by atoms with van der Waals surface area (Å²) in [5.41, 5.74) is 1.89. The van der Waals surface area contributed by atoms with Crippen LogP contribution >= 0.6 is 0 Å². The van der Waals surface area contributed by atoms with Gasteiger partial charge in [0.05, 0.1) is 13.2 Å². The number of hydrogen-bond donors (Lipinski definition) is 2. The Kier molecular flexibility index (Phi) is 9.05. The van der Waals surface area contributed by atoms with Gasteiger partial charge in [0.15, 0.2) is 18.1 Å². The van der Waals surface area contributed by atoms with Crippen molar-refractivity contribution in [3.05, 3.63) is 53.6 Å². The van der Waals surface area contributed by atoms with Crippen molar-refractivity contribution in [1.82, 2.24) is 15.5 Å². The van der Waals surface area contributed by atoms with Crippen LogP contribution in [0.15, 0.2) is 42.5 Å². The van der Waals surface area contributed by atoms with Crippen molar-refractivity contribution in [2.75, 3.05) is 40.0 Å². The van der Waals surface area contributed by atoms with Gasteiger partial charge in [0.1, 0.15) is 11.9 Å². The second-order valence-electron chi connectivity index (χ2n) is 10.5. The van der Waals surface area contributed by atoms with Crippen molar-refractivity contribution in [2.24, 2.45) is 5.92 Å². The summed E-state index contributed by atoms with van der Waals surface area (Å²) >= 11 is 0. The summed E-state index contributed by atoms with van der Waals surface area (Å²) in [5, 5.41) is 6.02. The lowest BCUT2D eigenvalue weighted by Gasteiger charge is -2.40. The van der Waals surface area contributed by atoms with E-state index in [2.05, 4.69) is 10.6 Å². The predicted octanol–water partition coefficient (Wildman–Crippen LogP) is 2.23. The average molecular weight is 552 g/mol. The van der Waals surface area contributed by atoms with Gasteiger partial charge in [-0.1, -0.05) is 18.2 Å². The molecule has 10 heteroatoms. The number of carbonyl (C=O) groups excluding carboxylic acids is 3. The van der Waals surface area contributed by atoms with E-state index in [-0.39, 0.29) is 36.4 Å². The molecule has 2 saturated heterocycles. The fourth-order valence-electron chi connectivity index (χ4n) is 5.40. The van der Waals surface area contributed by atoms with Crippen LogP contribution in [0, 0.1) is 5.92 Å². The fourth-order valence-corrected chi connectivity index (χ4v) is 5.40. The number of hydrogen-bond acceptors (Lipinski definition) is 7. The number of benzene rings is 2. The zero-order valence-corrected chi connectivity index (χ0v) is 22.9. The topological polar surface area (TPSA) is 115 Å². The highest BCUT2D eigenvalue weighted by Gasteiger charge is 2.36. The van der Waals surface area contributed by atoms with E-state index in [1.54, 1.807) is 6.07 Å². The average Bonchev–Trinajstić information content (AvgIpc) is 2.99. The fraction of sp³-hybridized carbons (Fsp3) is 0.500. The first-order chi connectivity index (χ1) is 19.5. The van der Waals surface area contributed by atoms with Crippen LogP contribution in [-0.2, 0) is 32.1 Å². The van der Waals surface area contributed by atoms with Gasteiger partial charge in [-0.25, -0.2) is 0 Å². The van der Waals surface area contributed by atoms with Crippen LogP contribution in [-0.4, -0.2) is 74.8 Å². The Labute approximate surface area is 234 Å². The molecule has 0 radical (unpaired) electrons. The van der Waals surface area contributed by atoms with E-state index in [0.717, 1.165) is 11.1 Å². The Morgan fingerprint density at radius 2 is 1.75 bits per heavy atom. The second kappa shape index (κ2) is 13.0. The third-order valence-corrected chi connectivity index (χ3v) is 7.71. The first-order valence-corrected chi connectivity index (χ1v) is 14.0. The van der Waals surface area contributed by atoms with Crippen LogP contribution in [0.2, 0.25) is 0 Å². The van der Waals surface area contributed by atoms with Crippen LogP contribution < -0.4 is 24.8 Å². The number of carbonyl (C=O) groups is 3. The molecule has 4 bridgehead atoms. The van der Waals surface area contributed by atoms with Gasteiger partial charge in [-0.05, 0) is 54.7 Å².